The summed E-state index contributed by atoms with van der Waals surface area (Å²) in [6.45, 7) is 7.24. The third-order valence-corrected chi connectivity index (χ3v) is 2.48. The summed E-state index contributed by atoms with van der Waals surface area (Å²) in [4.78, 5) is 18.8. The van der Waals surface area contributed by atoms with Crippen molar-refractivity contribution < 1.29 is 5.11 Å². The van der Waals surface area contributed by atoms with Crippen molar-refractivity contribution in [2.24, 2.45) is 0 Å². The summed E-state index contributed by atoms with van der Waals surface area (Å²) in [5, 5.41) is 9.84. The number of allylic oxidation sites excluding steroid dienone is 4. The maximum absolute atomic E-state index is 11.9. The van der Waals surface area contributed by atoms with Gasteiger partial charge in [0.25, 0.3) is 5.56 Å². The molecule has 0 radical (unpaired) electrons. The number of hydrogen-bond acceptors (Lipinski definition) is 3. The highest BCUT2D eigenvalue weighted by Gasteiger charge is 2.06. The van der Waals surface area contributed by atoms with Crippen LogP contribution in [0.4, 0.5) is 0 Å². The van der Waals surface area contributed by atoms with E-state index in [4.69, 9.17) is 0 Å². The van der Waals surface area contributed by atoms with E-state index < -0.39 is 0 Å². The molecule has 0 bridgehead atoms. The molecule has 0 fully saturated rings. The van der Waals surface area contributed by atoms with Crippen molar-refractivity contribution in [3.8, 4) is 5.75 Å². The van der Waals surface area contributed by atoms with Gasteiger partial charge < -0.3 is 10.1 Å². The highest BCUT2D eigenvalue weighted by atomic mass is 16.3. The van der Waals surface area contributed by atoms with Crippen LogP contribution in [-0.4, -0.2) is 15.1 Å². The van der Waals surface area contributed by atoms with Gasteiger partial charge in [0.05, 0.1) is 10.9 Å². The van der Waals surface area contributed by atoms with Gasteiger partial charge in [-0.25, -0.2) is 4.98 Å². The van der Waals surface area contributed by atoms with E-state index in [1.165, 1.54) is 18.2 Å². The molecule has 0 saturated heterocycles. The van der Waals surface area contributed by atoms with E-state index >= 15 is 0 Å². The SMILES string of the molecule is C=C/C=C(\C=C)c1nc2cc(O)ccc2c(=O)[nH]1. The van der Waals surface area contributed by atoms with Gasteiger partial charge in [-0.1, -0.05) is 31.4 Å². The van der Waals surface area contributed by atoms with Crippen molar-refractivity contribution in [1.29, 1.82) is 0 Å². The number of phenols is 1. The predicted molar refractivity (Wildman–Crippen MR) is 72.4 cm³/mol. The third kappa shape index (κ3) is 2.08. The van der Waals surface area contributed by atoms with Gasteiger partial charge in [-0.2, -0.15) is 0 Å². The predicted octanol–water partition coefficient (Wildman–Crippen LogP) is 2.38. The van der Waals surface area contributed by atoms with E-state index in [1.807, 2.05) is 0 Å². The maximum atomic E-state index is 11.9. The maximum Gasteiger partial charge on any atom is 0.259 e. The minimum absolute atomic E-state index is 0.0689. The Morgan fingerprint density at radius 2 is 2.17 bits per heavy atom. The Morgan fingerprint density at radius 3 is 2.83 bits per heavy atom. The number of aromatic amines is 1. The van der Waals surface area contributed by atoms with Gasteiger partial charge in [0, 0.05) is 11.6 Å². The van der Waals surface area contributed by atoms with E-state index in [0.29, 0.717) is 22.3 Å². The van der Waals surface area contributed by atoms with Crippen LogP contribution in [0, 0.1) is 0 Å². The first-order valence-corrected chi connectivity index (χ1v) is 5.34. The van der Waals surface area contributed by atoms with Crippen LogP contribution in [0.1, 0.15) is 5.82 Å². The number of aromatic nitrogens is 2. The Balaban J connectivity index is 2.75. The highest BCUT2D eigenvalue weighted by molar-refractivity contribution is 5.81. The average Bonchev–Trinajstić information content (AvgIpc) is 2.35. The van der Waals surface area contributed by atoms with E-state index in [9.17, 15) is 9.90 Å². The molecule has 0 spiro atoms. The monoisotopic (exact) mass is 240 g/mol. The van der Waals surface area contributed by atoms with Crippen molar-refractivity contribution in [3.05, 3.63) is 65.8 Å². The van der Waals surface area contributed by atoms with Crippen molar-refractivity contribution in [3.63, 3.8) is 0 Å². The van der Waals surface area contributed by atoms with Crippen LogP contribution in [-0.2, 0) is 0 Å². The number of hydrogen-bond donors (Lipinski definition) is 2. The standard InChI is InChI=1S/C14H12N2O2/c1-3-5-9(4-2)13-15-12-8-10(17)6-7-11(12)14(18)16-13/h3-8,17H,1-2H2,(H,15,16,18)/b9-5+. The Bertz CT molecular complexity index is 711. The van der Waals surface area contributed by atoms with Crippen molar-refractivity contribution >= 4 is 16.5 Å². The summed E-state index contributed by atoms with van der Waals surface area (Å²) in [5.74, 6) is 0.465. The highest BCUT2D eigenvalue weighted by Crippen LogP contribution is 2.17. The molecule has 0 saturated carbocycles. The summed E-state index contributed by atoms with van der Waals surface area (Å²) in [6.07, 6.45) is 4.86. The number of phenolic OH excluding ortho intramolecular Hbond substituents is 1. The smallest absolute Gasteiger partial charge is 0.259 e. The molecule has 0 aliphatic carbocycles. The molecule has 18 heavy (non-hydrogen) atoms. The number of rotatable bonds is 3. The van der Waals surface area contributed by atoms with Crippen LogP contribution in [0.15, 0.2) is 54.4 Å². The van der Waals surface area contributed by atoms with Gasteiger partial charge in [0.2, 0.25) is 0 Å². The first-order valence-electron chi connectivity index (χ1n) is 5.34. The summed E-state index contributed by atoms with van der Waals surface area (Å²) in [6, 6.07) is 4.43. The van der Waals surface area contributed by atoms with E-state index in [2.05, 4.69) is 23.1 Å². The number of H-pyrrole nitrogens is 1. The number of fused-ring (bicyclic) bond motifs is 1. The lowest BCUT2D eigenvalue weighted by Gasteiger charge is -2.03. The normalized spacial score (nSPS) is 11.4. The molecular formula is C14H12N2O2. The molecule has 0 aliphatic heterocycles. The minimum Gasteiger partial charge on any atom is -0.508 e. The number of aromatic hydroxyl groups is 1. The van der Waals surface area contributed by atoms with Crippen LogP contribution >= 0.6 is 0 Å². The van der Waals surface area contributed by atoms with Crippen LogP contribution in [0.2, 0.25) is 0 Å². The Morgan fingerprint density at radius 1 is 1.39 bits per heavy atom. The fourth-order valence-electron chi connectivity index (χ4n) is 1.64. The summed E-state index contributed by atoms with van der Waals surface area (Å²) >= 11 is 0. The zero-order valence-electron chi connectivity index (χ0n) is 9.68. The number of benzene rings is 1. The van der Waals surface area contributed by atoms with Gasteiger partial charge in [-0.05, 0) is 12.1 Å². The van der Waals surface area contributed by atoms with Crippen LogP contribution in [0.3, 0.4) is 0 Å². The minimum atomic E-state index is -0.258. The fourth-order valence-corrected chi connectivity index (χ4v) is 1.64. The molecule has 2 N–H and O–H groups in total. The van der Waals surface area contributed by atoms with Crippen LogP contribution in [0.5, 0.6) is 5.75 Å². The molecule has 0 aliphatic rings. The zero-order valence-corrected chi connectivity index (χ0v) is 9.68. The van der Waals surface area contributed by atoms with Gasteiger partial charge in [-0.3, -0.25) is 4.79 Å². The summed E-state index contributed by atoms with van der Waals surface area (Å²) in [7, 11) is 0. The van der Waals surface area contributed by atoms with Gasteiger partial charge in [0.1, 0.15) is 11.6 Å². The first kappa shape index (κ1) is 11.9. The van der Waals surface area contributed by atoms with Crippen molar-refractivity contribution in [2.45, 2.75) is 0 Å². The lowest BCUT2D eigenvalue weighted by molar-refractivity contribution is 0.476. The van der Waals surface area contributed by atoms with Gasteiger partial charge in [-0.15, -0.1) is 0 Å². The van der Waals surface area contributed by atoms with Crippen molar-refractivity contribution in [1.82, 2.24) is 9.97 Å². The first-order chi connectivity index (χ1) is 8.65. The molecule has 4 heteroatoms. The Labute approximate surface area is 104 Å². The van der Waals surface area contributed by atoms with E-state index in [0.717, 1.165) is 0 Å². The largest absolute Gasteiger partial charge is 0.508 e. The molecule has 1 aromatic heterocycles. The lowest BCUT2D eigenvalue weighted by Crippen LogP contribution is -2.11. The molecule has 90 valence electrons. The topological polar surface area (TPSA) is 66.0 Å². The molecule has 4 nitrogen and oxygen atoms in total. The van der Waals surface area contributed by atoms with E-state index in [-0.39, 0.29) is 11.3 Å². The summed E-state index contributed by atoms with van der Waals surface area (Å²) < 4.78 is 0. The zero-order chi connectivity index (χ0) is 13.1. The molecule has 0 unspecified atom stereocenters. The quantitative estimate of drug-likeness (QED) is 0.809. The van der Waals surface area contributed by atoms with Crippen LogP contribution in [0.25, 0.3) is 16.5 Å². The van der Waals surface area contributed by atoms with E-state index in [1.54, 1.807) is 18.2 Å². The second-order valence-electron chi connectivity index (χ2n) is 3.68. The van der Waals surface area contributed by atoms with Crippen molar-refractivity contribution in [2.75, 3.05) is 0 Å². The fraction of sp³-hybridized carbons (Fsp3) is 0. The Hall–Kier alpha value is -2.62. The number of nitrogens with zero attached hydrogens (tertiary/aromatic N) is 1. The molecule has 0 atom stereocenters. The Kier molecular flexibility index (Phi) is 3.10. The molecule has 2 rings (SSSR count). The molecule has 1 aromatic carbocycles. The molecule has 0 amide bonds. The second kappa shape index (κ2) is 4.71. The molecular weight excluding hydrogens is 228 g/mol. The molecule has 2 aromatic rings. The molecule has 1 heterocycles. The lowest BCUT2D eigenvalue weighted by atomic mass is 10.2. The van der Waals surface area contributed by atoms with Gasteiger partial charge >= 0.3 is 0 Å². The second-order valence-corrected chi connectivity index (χ2v) is 3.68. The third-order valence-electron chi connectivity index (χ3n) is 2.48. The van der Waals surface area contributed by atoms with Gasteiger partial charge in [0.15, 0.2) is 0 Å². The number of nitrogens with one attached hydrogen (secondary N) is 1. The average molecular weight is 240 g/mol. The van der Waals surface area contributed by atoms with Crippen LogP contribution < -0.4 is 5.56 Å². The summed E-state index contributed by atoms with van der Waals surface area (Å²) in [5.41, 5.74) is 0.838.